The Balaban J connectivity index is 2.09. The first-order valence-electron chi connectivity index (χ1n) is 6.88. The fraction of sp³-hybridized carbons (Fsp3) is 0.176. The Labute approximate surface area is 117 Å². The lowest BCUT2D eigenvalue weighted by molar-refractivity contribution is 0.416. The SMILES string of the molecule is COc1cccc2c1-c1cc3ccccc3n1CCN2. The fourth-order valence-electron chi connectivity index (χ4n) is 3.07. The molecule has 1 aromatic heterocycles. The monoisotopic (exact) mass is 264 g/mol. The maximum absolute atomic E-state index is 5.57. The molecule has 3 heteroatoms. The lowest BCUT2D eigenvalue weighted by Gasteiger charge is -2.12. The molecule has 0 amide bonds. The Hall–Kier alpha value is -2.42. The van der Waals surface area contributed by atoms with Crippen LogP contribution in [0.3, 0.4) is 0 Å². The third-order valence-electron chi connectivity index (χ3n) is 3.96. The highest BCUT2D eigenvalue weighted by Gasteiger charge is 2.20. The molecule has 0 radical (unpaired) electrons. The minimum Gasteiger partial charge on any atom is -0.496 e. The minimum atomic E-state index is 0.918. The van der Waals surface area contributed by atoms with Gasteiger partial charge in [-0.05, 0) is 24.3 Å². The van der Waals surface area contributed by atoms with Gasteiger partial charge in [-0.25, -0.2) is 0 Å². The average molecular weight is 264 g/mol. The van der Waals surface area contributed by atoms with Crippen LogP contribution in [0, 0.1) is 0 Å². The normalized spacial score (nSPS) is 13.2. The van der Waals surface area contributed by atoms with Crippen LogP contribution in [0.5, 0.6) is 5.75 Å². The molecule has 2 heterocycles. The van der Waals surface area contributed by atoms with Crippen molar-refractivity contribution in [3.8, 4) is 17.0 Å². The van der Waals surface area contributed by atoms with Crippen molar-refractivity contribution in [2.75, 3.05) is 19.0 Å². The van der Waals surface area contributed by atoms with Crippen LogP contribution in [0.4, 0.5) is 5.69 Å². The van der Waals surface area contributed by atoms with Gasteiger partial charge in [0.05, 0.1) is 18.4 Å². The molecule has 0 aliphatic carbocycles. The molecular weight excluding hydrogens is 248 g/mol. The van der Waals surface area contributed by atoms with Crippen molar-refractivity contribution in [3.63, 3.8) is 0 Å². The standard InChI is InChI=1S/C17H16N2O/c1-20-16-8-4-6-13-17(16)15-11-12-5-2-3-7-14(12)19(15)10-9-18-13/h2-8,11,18H,9-10H2,1H3. The summed E-state index contributed by atoms with van der Waals surface area (Å²) in [4.78, 5) is 0. The van der Waals surface area contributed by atoms with E-state index >= 15 is 0 Å². The van der Waals surface area contributed by atoms with E-state index < -0.39 is 0 Å². The molecule has 4 rings (SSSR count). The molecule has 0 bridgehead atoms. The van der Waals surface area contributed by atoms with E-state index in [9.17, 15) is 0 Å². The number of nitrogens with one attached hydrogen (secondary N) is 1. The summed E-state index contributed by atoms with van der Waals surface area (Å²) >= 11 is 0. The van der Waals surface area contributed by atoms with E-state index in [0.717, 1.165) is 30.1 Å². The van der Waals surface area contributed by atoms with E-state index in [4.69, 9.17) is 4.74 Å². The molecule has 0 spiro atoms. The van der Waals surface area contributed by atoms with Crippen LogP contribution < -0.4 is 10.1 Å². The zero-order valence-corrected chi connectivity index (χ0v) is 11.4. The van der Waals surface area contributed by atoms with Gasteiger partial charge in [0.1, 0.15) is 5.75 Å². The number of anilines is 1. The van der Waals surface area contributed by atoms with Crippen LogP contribution in [0.2, 0.25) is 0 Å². The molecule has 3 nitrogen and oxygen atoms in total. The highest BCUT2D eigenvalue weighted by molar-refractivity contribution is 5.92. The summed E-state index contributed by atoms with van der Waals surface area (Å²) in [6.07, 6.45) is 0. The second-order valence-corrected chi connectivity index (χ2v) is 5.05. The van der Waals surface area contributed by atoms with Gasteiger partial charge in [0.2, 0.25) is 0 Å². The van der Waals surface area contributed by atoms with Crippen molar-refractivity contribution in [3.05, 3.63) is 48.5 Å². The number of nitrogens with zero attached hydrogens (tertiary/aromatic N) is 1. The molecule has 3 aromatic rings. The summed E-state index contributed by atoms with van der Waals surface area (Å²) in [6.45, 7) is 1.88. The number of aromatic nitrogens is 1. The van der Waals surface area contributed by atoms with Crippen molar-refractivity contribution in [1.82, 2.24) is 4.57 Å². The second kappa shape index (κ2) is 4.30. The molecule has 1 aliphatic heterocycles. The number of hydrogen-bond donors (Lipinski definition) is 1. The largest absolute Gasteiger partial charge is 0.496 e. The Morgan fingerprint density at radius 3 is 2.90 bits per heavy atom. The fourth-order valence-corrected chi connectivity index (χ4v) is 3.07. The predicted molar refractivity (Wildman–Crippen MR) is 82.4 cm³/mol. The van der Waals surface area contributed by atoms with Crippen LogP contribution in [0.25, 0.3) is 22.2 Å². The molecule has 20 heavy (non-hydrogen) atoms. The number of rotatable bonds is 1. The van der Waals surface area contributed by atoms with Crippen molar-refractivity contribution in [2.45, 2.75) is 6.54 Å². The van der Waals surface area contributed by atoms with Gasteiger partial charge in [0, 0.05) is 29.7 Å². The number of benzene rings is 2. The van der Waals surface area contributed by atoms with E-state index in [0.29, 0.717) is 0 Å². The molecule has 0 atom stereocenters. The van der Waals surface area contributed by atoms with E-state index in [1.54, 1.807) is 7.11 Å². The summed E-state index contributed by atoms with van der Waals surface area (Å²) in [6, 6.07) is 16.9. The number of ether oxygens (including phenoxy) is 1. The van der Waals surface area contributed by atoms with Gasteiger partial charge in [0.25, 0.3) is 0 Å². The Kier molecular flexibility index (Phi) is 2.46. The summed E-state index contributed by atoms with van der Waals surface area (Å²) in [5, 5.41) is 4.78. The summed E-state index contributed by atoms with van der Waals surface area (Å²) < 4.78 is 7.94. The summed E-state index contributed by atoms with van der Waals surface area (Å²) in [5.74, 6) is 0.918. The van der Waals surface area contributed by atoms with Crippen LogP contribution in [-0.2, 0) is 6.54 Å². The van der Waals surface area contributed by atoms with Crippen molar-refractivity contribution < 1.29 is 4.74 Å². The van der Waals surface area contributed by atoms with E-state index in [-0.39, 0.29) is 0 Å². The van der Waals surface area contributed by atoms with Gasteiger partial charge in [-0.2, -0.15) is 0 Å². The zero-order valence-electron chi connectivity index (χ0n) is 11.4. The maximum Gasteiger partial charge on any atom is 0.130 e. The molecular formula is C17H16N2O. The maximum atomic E-state index is 5.57. The Morgan fingerprint density at radius 1 is 1.10 bits per heavy atom. The van der Waals surface area contributed by atoms with Gasteiger partial charge in [-0.1, -0.05) is 24.3 Å². The highest BCUT2D eigenvalue weighted by Crippen LogP contribution is 2.40. The first-order valence-corrected chi connectivity index (χ1v) is 6.88. The average Bonchev–Trinajstić information content (AvgIpc) is 2.75. The predicted octanol–water partition coefficient (Wildman–Crippen LogP) is 3.74. The lowest BCUT2D eigenvalue weighted by atomic mass is 10.1. The van der Waals surface area contributed by atoms with Crippen molar-refractivity contribution in [2.24, 2.45) is 0 Å². The molecule has 0 saturated carbocycles. The lowest BCUT2D eigenvalue weighted by Crippen LogP contribution is -2.07. The molecule has 2 aromatic carbocycles. The van der Waals surface area contributed by atoms with E-state index in [1.807, 2.05) is 12.1 Å². The Morgan fingerprint density at radius 2 is 2.00 bits per heavy atom. The van der Waals surface area contributed by atoms with Crippen molar-refractivity contribution >= 4 is 16.6 Å². The van der Waals surface area contributed by atoms with Gasteiger partial charge < -0.3 is 14.6 Å². The molecule has 0 unspecified atom stereocenters. The Bertz CT molecular complexity index is 789. The minimum absolute atomic E-state index is 0.918. The van der Waals surface area contributed by atoms with Crippen LogP contribution in [0.15, 0.2) is 48.5 Å². The number of methoxy groups -OCH3 is 1. The second-order valence-electron chi connectivity index (χ2n) is 5.05. The van der Waals surface area contributed by atoms with Crippen LogP contribution >= 0.6 is 0 Å². The van der Waals surface area contributed by atoms with Crippen LogP contribution in [0.1, 0.15) is 0 Å². The van der Waals surface area contributed by atoms with Gasteiger partial charge in [-0.15, -0.1) is 0 Å². The highest BCUT2D eigenvalue weighted by atomic mass is 16.5. The third kappa shape index (κ3) is 1.53. The summed E-state index contributed by atoms with van der Waals surface area (Å²) in [5.41, 5.74) is 4.81. The van der Waals surface area contributed by atoms with Crippen LogP contribution in [-0.4, -0.2) is 18.2 Å². The van der Waals surface area contributed by atoms with E-state index in [2.05, 4.69) is 46.3 Å². The molecule has 0 saturated heterocycles. The smallest absolute Gasteiger partial charge is 0.130 e. The van der Waals surface area contributed by atoms with E-state index in [1.165, 1.54) is 16.6 Å². The van der Waals surface area contributed by atoms with Gasteiger partial charge in [-0.3, -0.25) is 0 Å². The number of fused-ring (bicyclic) bond motifs is 5. The topological polar surface area (TPSA) is 26.2 Å². The van der Waals surface area contributed by atoms with Gasteiger partial charge in [0.15, 0.2) is 0 Å². The molecule has 0 fully saturated rings. The third-order valence-corrected chi connectivity index (χ3v) is 3.96. The van der Waals surface area contributed by atoms with Crippen molar-refractivity contribution in [1.29, 1.82) is 0 Å². The first kappa shape index (κ1) is 11.4. The number of hydrogen-bond acceptors (Lipinski definition) is 2. The van der Waals surface area contributed by atoms with Gasteiger partial charge >= 0.3 is 0 Å². The zero-order chi connectivity index (χ0) is 13.5. The number of para-hydroxylation sites is 1. The molecule has 100 valence electrons. The first-order chi connectivity index (χ1) is 9.88. The quantitative estimate of drug-likeness (QED) is 0.724. The molecule has 1 N–H and O–H groups in total. The molecule has 1 aliphatic rings. The summed E-state index contributed by atoms with van der Waals surface area (Å²) in [7, 11) is 1.73.